The summed E-state index contributed by atoms with van der Waals surface area (Å²) in [6.07, 6.45) is 2.26. The molecule has 0 fully saturated rings. The van der Waals surface area contributed by atoms with Crippen molar-refractivity contribution in [2.45, 2.75) is 20.3 Å². The Bertz CT molecular complexity index is 500. The number of benzene rings is 1. The van der Waals surface area contributed by atoms with E-state index in [1.807, 2.05) is 44.2 Å². The van der Waals surface area contributed by atoms with Crippen LogP contribution in [0.3, 0.4) is 0 Å². The van der Waals surface area contributed by atoms with Crippen molar-refractivity contribution in [2.75, 3.05) is 5.32 Å². The van der Waals surface area contributed by atoms with Gasteiger partial charge in [0.05, 0.1) is 5.69 Å². The number of nitrogens with zero attached hydrogens (tertiary/aromatic N) is 1. The average molecular weight is 243 g/mol. The third-order valence-corrected chi connectivity index (χ3v) is 2.57. The number of nitrogens with one attached hydrogen (secondary N) is 2. The van der Waals surface area contributed by atoms with Crippen molar-refractivity contribution >= 4 is 11.6 Å². The van der Waals surface area contributed by atoms with E-state index in [9.17, 15) is 4.79 Å². The minimum Gasteiger partial charge on any atom is -0.326 e. The zero-order chi connectivity index (χ0) is 13.0. The molecule has 0 saturated heterocycles. The van der Waals surface area contributed by atoms with Crippen LogP contribution in [0.25, 0.3) is 11.3 Å². The van der Waals surface area contributed by atoms with Crippen LogP contribution in [0.15, 0.2) is 36.5 Å². The van der Waals surface area contributed by atoms with Crippen LogP contribution in [-0.2, 0) is 4.79 Å². The fourth-order valence-electron chi connectivity index (χ4n) is 1.73. The first-order valence-corrected chi connectivity index (χ1v) is 6.05. The smallest absolute Gasteiger partial charge is 0.224 e. The van der Waals surface area contributed by atoms with Crippen molar-refractivity contribution < 1.29 is 4.79 Å². The third-order valence-electron chi connectivity index (χ3n) is 2.57. The number of rotatable bonds is 4. The first-order chi connectivity index (χ1) is 8.65. The molecule has 18 heavy (non-hydrogen) atoms. The second-order valence-corrected chi connectivity index (χ2v) is 4.69. The van der Waals surface area contributed by atoms with Gasteiger partial charge in [-0.1, -0.05) is 26.0 Å². The Hall–Kier alpha value is -2.10. The molecule has 4 heteroatoms. The second-order valence-electron chi connectivity index (χ2n) is 4.69. The van der Waals surface area contributed by atoms with Gasteiger partial charge in [0, 0.05) is 18.3 Å². The van der Waals surface area contributed by atoms with Gasteiger partial charge in [0.1, 0.15) is 0 Å². The molecular formula is C14H17N3O. The normalized spacial score (nSPS) is 10.6. The fraction of sp³-hybridized carbons (Fsp3) is 0.286. The van der Waals surface area contributed by atoms with Crippen molar-refractivity contribution in [3.8, 4) is 11.3 Å². The number of H-pyrrole nitrogens is 1. The summed E-state index contributed by atoms with van der Waals surface area (Å²) in [5.41, 5.74) is 2.84. The Morgan fingerprint density at radius 1 is 1.28 bits per heavy atom. The van der Waals surface area contributed by atoms with E-state index < -0.39 is 0 Å². The lowest BCUT2D eigenvalue weighted by Gasteiger charge is -2.07. The van der Waals surface area contributed by atoms with E-state index in [0.717, 1.165) is 16.9 Å². The summed E-state index contributed by atoms with van der Waals surface area (Å²) in [6.45, 7) is 4.06. The van der Waals surface area contributed by atoms with Gasteiger partial charge in [-0.15, -0.1) is 0 Å². The monoisotopic (exact) mass is 243 g/mol. The van der Waals surface area contributed by atoms with Crippen molar-refractivity contribution in [3.63, 3.8) is 0 Å². The summed E-state index contributed by atoms with van der Waals surface area (Å²) in [5.74, 6) is 0.425. The SMILES string of the molecule is CC(C)CC(=O)Nc1ccc(-c2ccn[nH]2)cc1. The number of carbonyl (C=O) groups is 1. The Kier molecular flexibility index (Phi) is 3.77. The maximum absolute atomic E-state index is 11.6. The van der Waals surface area contributed by atoms with Gasteiger partial charge in [-0.25, -0.2) is 0 Å². The molecule has 0 saturated carbocycles. The highest BCUT2D eigenvalue weighted by molar-refractivity contribution is 5.91. The standard InChI is InChI=1S/C14H17N3O/c1-10(2)9-14(18)16-12-5-3-11(4-6-12)13-7-8-15-17-13/h3-8,10H,9H2,1-2H3,(H,15,17)(H,16,18). The largest absolute Gasteiger partial charge is 0.326 e. The summed E-state index contributed by atoms with van der Waals surface area (Å²) >= 11 is 0. The Balaban J connectivity index is 2.02. The van der Waals surface area contributed by atoms with Crippen LogP contribution in [-0.4, -0.2) is 16.1 Å². The van der Waals surface area contributed by atoms with E-state index in [4.69, 9.17) is 0 Å². The Morgan fingerprint density at radius 3 is 2.56 bits per heavy atom. The Morgan fingerprint density at radius 2 is 2.00 bits per heavy atom. The van der Waals surface area contributed by atoms with Crippen LogP contribution in [0.1, 0.15) is 20.3 Å². The molecule has 2 N–H and O–H groups in total. The lowest BCUT2D eigenvalue weighted by Crippen LogP contribution is -2.13. The number of aromatic nitrogens is 2. The molecule has 0 spiro atoms. The second kappa shape index (κ2) is 5.49. The van der Waals surface area contributed by atoms with Crippen molar-refractivity contribution in [2.24, 2.45) is 5.92 Å². The van der Waals surface area contributed by atoms with E-state index in [1.165, 1.54) is 0 Å². The highest BCUT2D eigenvalue weighted by atomic mass is 16.1. The first kappa shape index (κ1) is 12.4. The van der Waals surface area contributed by atoms with Crippen LogP contribution >= 0.6 is 0 Å². The zero-order valence-corrected chi connectivity index (χ0v) is 10.6. The molecule has 1 aromatic carbocycles. The zero-order valence-electron chi connectivity index (χ0n) is 10.6. The lowest BCUT2D eigenvalue weighted by molar-refractivity contribution is -0.116. The molecule has 0 aliphatic carbocycles. The first-order valence-electron chi connectivity index (χ1n) is 6.05. The van der Waals surface area contributed by atoms with Gasteiger partial charge in [-0.2, -0.15) is 5.10 Å². The number of amides is 1. The van der Waals surface area contributed by atoms with Gasteiger partial charge in [-0.3, -0.25) is 9.89 Å². The van der Waals surface area contributed by atoms with E-state index in [1.54, 1.807) is 6.20 Å². The average Bonchev–Trinajstić information content (AvgIpc) is 2.82. The highest BCUT2D eigenvalue weighted by Crippen LogP contribution is 2.19. The van der Waals surface area contributed by atoms with Crippen molar-refractivity contribution in [1.82, 2.24) is 10.2 Å². The van der Waals surface area contributed by atoms with Gasteiger partial charge >= 0.3 is 0 Å². The summed E-state index contributed by atoms with van der Waals surface area (Å²) in [4.78, 5) is 11.6. The summed E-state index contributed by atoms with van der Waals surface area (Å²) < 4.78 is 0. The molecule has 0 aliphatic rings. The molecule has 0 unspecified atom stereocenters. The van der Waals surface area contributed by atoms with E-state index in [-0.39, 0.29) is 5.91 Å². The minimum absolute atomic E-state index is 0.0549. The molecule has 1 heterocycles. The van der Waals surface area contributed by atoms with Crippen LogP contribution in [0.4, 0.5) is 5.69 Å². The van der Waals surface area contributed by atoms with Crippen LogP contribution in [0, 0.1) is 5.92 Å². The maximum Gasteiger partial charge on any atom is 0.224 e. The molecule has 2 aromatic rings. The number of aromatic amines is 1. The molecule has 94 valence electrons. The quantitative estimate of drug-likeness (QED) is 0.867. The fourth-order valence-corrected chi connectivity index (χ4v) is 1.73. The molecule has 4 nitrogen and oxygen atoms in total. The van der Waals surface area contributed by atoms with Crippen LogP contribution < -0.4 is 5.32 Å². The Labute approximate surface area is 106 Å². The summed E-state index contributed by atoms with van der Waals surface area (Å²) in [7, 11) is 0. The molecule has 0 bridgehead atoms. The number of carbonyl (C=O) groups excluding carboxylic acids is 1. The van der Waals surface area contributed by atoms with Gasteiger partial charge in [0.15, 0.2) is 0 Å². The van der Waals surface area contributed by atoms with Crippen molar-refractivity contribution in [3.05, 3.63) is 36.5 Å². The van der Waals surface area contributed by atoms with Gasteiger partial charge < -0.3 is 5.32 Å². The molecular weight excluding hydrogens is 226 g/mol. The predicted molar refractivity (Wildman–Crippen MR) is 72.1 cm³/mol. The minimum atomic E-state index is 0.0549. The van der Waals surface area contributed by atoms with Crippen LogP contribution in [0.2, 0.25) is 0 Å². The van der Waals surface area contributed by atoms with Crippen molar-refractivity contribution in [1.29, 1.82) is 0 Å². The lowest BCUT2D eigenvalue weighted by atomic mass is 10.1. The molecule has 2 rings (SSSR count). The number of hydrogen-bond acceptors (Lipinski definition) is 2. The molecule has 0 atom stereocenters. The molecule has 1 amide bonds. The maximum atomic E-state index is 11.6. The number of hydrogen-bond donors (Lipinski definition) is 2. The number of anilines is 1. The predicted octanol–water partition coefficient (Wildman–Crippen LogP) is 3.06. The molecule has 0 radical (unpaired) electrons. The van der Waals surface area contributed by atoms with E-state index in [2.05, 4.69) is 15.5 Å². The third kappa shape index (κ3) is 3.20. The van der Waals surface area contributed by atoms with E-state index >= 15 is 0 Å². The summed E-state index contributed by atoms with van der Waals surface area (Å²) in [6, 6.07) is 9.62. The van der Waals surface area contributed by atoms with Gasteiger partial charge in [-0.05, 0) is 29.7 Å². The van der Waals surface area contributed by atoms with E-state index in [0.29, 0.717) is 12.3 Å². The highest BCUT2D eigenvalue weighted by Gasteiger charge is 2.05. The van der Waals surface area contributed by atoms with Crippen LogP contribution in [0.5, 0.6) is 0 Å². The molecule has 1 aromatic heterocycles. The van der Waals surface area contributed by atoms with Gasteiger partial charge in [0.25, 0.3) is 0 Å². The molecule has 0 aliphatic heterocycles. The topological polar surface area (TPSA) is 57.8 Å². The summed E-state index contributed by atoms with van der Waals surface area (Å²) in [5, 5.41) is 9.69. The van der Waals surface area contributed by atoms with Gasteiger partial charge in [0.2, 0.25) is 5.91 Å².